The van der Waals surface area contributed by atoms with E-state index in [4.69, 9.17) is 0 Å². The number of hydrogen-bond acceptors (Lipinski definition) is 2. The van der Waals surface area contributed by atoms with E-state index >= 15 is 0 Å². The smallest absolute Gasteiger partial charge is 0.243 e. The van der Waals surface area contributed by atoms with Crippen molar-refractivity contribution in [3.8, 4) is 0 Å². The van der Waals surface area contributed by atoms with Crippen LogP contribution in [0, 0.1) is 12.8 Å². The fraction of sp³-hybridized carbons (Fsp3) is 0.375. The van der Waals surface area contributed by atoms with E-state index in [0.29, 0.717) is 12.3 Å². The zero-order valence-corrected chi connectivity index (χ0v) is 13.6. The van der Waals surface area contributed by atoms with Crippen molar-refractivity contribution in [2.24, 2.45) is 5.92 Å². The lowest BCUT2D eigenvalue weighted by Gasteiger charge is -2.11. The molecule has 1 aliphatic carbocycles. The Morgan fingerprint density at radius 2 is 2.14 bits per heavy atom. The number of allylic oxidation sites excluding steroid dienone is 2. The third kappa shape index (κ3) is 5.01. The van der Waals surface area contributed by atoms with E-state index < -0.39 is 0 Å². The van der Waals surface area contributed by atoms with Crippen molar-refractivity contribution in [2.75, 3.05) is 11.9 Å². The molecular weight excluding hydrogens is 332 g/mol. The van der Waals surface area contributed by atoms with Crippen LogP contribution < -0.4 is 10.6 Å². The highest BCUT2D eigenvalue weighted by atomic mass is 79.9. The average Bonchev–Trinajstić information content (AvgIpc) is 2.92. The predicted molar refractivity (Wildman–Crippen MR) is 87.0 cm³/mol. The van der Waals surface area contributed by atoms with Crippen LogP contribution in [0.15, 0.2) is 34.8 Å². The summed E-state index contributed by atoms with van der Waals surface area (Å²) in [5, 5.41) is 5.46. The molecule has 0 saturated carbocycles. The second-order valence-electron chi connectivity index (χ2n) is 5.25. The zero-order chi connectivity index (χ0) is 15.2. The van der Waals surface area contributed by atoms with E-state index in [1.54, 1.807) is 0 Å². The first-order chi connectivity index (χ1) is 10.0. The second-order valence-corrected chi connectivity index (χ2v) is 6.17. The van der Waals surface area contributed by atoms with Gasteiger partial charge in [0, 0.05) is 16.6 Å². The minimum atomic E-state index is -0.212. The predicted octanol–water partition coefficient (Wildman–Crippen LogP) is 3.17. The van der Waals surface area contributed by atoms with Gasteiger partial charge in [-0.2, -0.15) is 0 Å². The summed E-state index contributed by atoms with van der Waals surface area (Å²) < 4.78 is 0.968. The quantitative estimate of drug-likeness (QED) is 0.801. The van der Waals surface area contributed by atoms with Gasteiger partial charge in [0.2, 0.25) is 11.8 Å². The molecule has 1 aromatic rings. The molecule has 0 bridgehead atoms. The molecule has 0 heterocycles. The third-order valence-corrected chi connectivity index (χ3v) is 3.96. The number of amides is 2. The molecule has 0 spiro atoms. The van der Waals surface area contributed by atoms with Gasteiger partial charge in [-0.05, 0) is 49.4 Å². The minimum absolute atomic E-state index is 0.00473. The third-order valence-electron chi connectivity index (χ3n) is 3.47. The summed E-state index contributed by atoms with van der Waals surface area (Å²) in [6, 6.07) is 5.64. The highest BCUT2D eigenvalue weighted by Crippen LogP contribution is 2.20. The van der Waals surface area contributed by atoms with Gasteiger partial charge in [0.1, 0.15) is 0 Å². The maximum Gasteiger partial charge on any atom is 0.243 e. The van der Waals surface area contributed by atoms with E-state index in [1.165, 1.54) is 0 Å². The Balaban J connectivity index is 1.76. The van der Waals surface area contributed by atoms with E-state index in [9.17, 15) is 9.59 Å². The lowest BCUT2D eigenvalue weighted by molar-refractivity contribution is -0.124. The first kappa shape index (κ1) is 15.8. The van der Waals surface area contributed by atoms with Gasteiger partial charge in [0.15, 0.2) is 0 Å². The molecule has 2 amide bonds. The van der Waals surface area contributed by atoms with Crippen LogP contribution in [0.25, 0.3) is 0 Å². The molecule has 1 unspecified atom stereocenters. The second kappa shape index (κ2) is 7.41. The SMILES string of the molecule is Cc1cc(Br)ccc1NC(=O)CNC(=O)CC1C=CCC1. The summed E-state index contributed by atoms with van der Waals surface area (Å²) >= 11 is 3.38. The summed E-state index contributed by atoms with van der Waals surface area (Å²) in [6.45, 7) is 1.93. The van der Waals surface area contributed by atoms with Crippen molar-refractivity contribution < 1.29 is 9.59 Å². The van der Waals surface area contributed by atoms with Crippen LogP contribution in [0.3, 0.4) is 0 Å². The summed E-state index contributed by atoms with van der Waals surface area (Å²) in [5.41, 5.74) is 1.73. The lowest BCUT2D eigenvalue weighted by Crippen LogP contribution is -2.33. The van der Waals surface area contributed by atoms with Crippen molar-refractivity contribution in [1.82, 2.24) is 5.32 Å². The summed E-state index contributed by atoms with van der Waals surface area (Å²) in [4.78, 5) is 23.6. The van der Waals surface area contributed by atoms with Crippen LogP contribution in [-0.2, 0) is 9.59 Å². The fourth-order valence-electron chi connectivity index (χ4n) is 2.32. The molecule has 0 aromatic heterocycles. The summed E-state index contributed by atoms with van der Waals surface area (Å²) in [5.74, 6) is 0.0340. The van der Waals surface area contributed by atoms with Gasteiger partial charge >= 0.3 is 0 Å². The molecule has 21 heavy (non-hydrogen) atoms. The number of benzene rings is 1. The Labute approximate surface area is 133 Å². The molecule has 2 N–H and O–H groups in total. The molecule has 5 heteroatoms. The van der Waals surface area contributed by atoms with Crippen molar-refractivity contribution in [1.29, 1.82) is 0 Å². The summed E-state index contributed by atoms with van der Waals surface area (Å²) in [6.07, 6.45) is 6.70. The molecule has 0 saturated heterocycles. The van der Waals surface area contributed by atoms with Gasteiger partial charge in [-0.3, -0.25) is 9.59 Å². The van der Waals surface area contributed by atoms with Crippen LogP contribution in [0.1, 0.15) is 24.8 Å². The van der Waals surface area contributed by atoms with Crippen molar-refractivity contribution in [2.45, 2.75) is 26.2 Å². The Hall–Kier alpha value is -1.62. The Morgan fingerprint density at radius 1 is 1.33 bits per heavy atom. The minimum Gasteiger partial charge on any atom is -0.347 e. The topological polar surface area (TPSA) is 58.2 Å². The molecule has 0 aliphatic heterocycles. The van der Waals surface area contributed by atoms with Gasteiger partial charge in [-0.25, -0.2) is 0 Å². The van der Waals surface area contributed by atoms with Crippen LogP contribution in [0.2, 0.25) is 0 Å². The fourth-order valence-corrected chi connectivity index (χ4v) is 2.79. The highest BCUT2D eigenvalue weighted by Gasteiger charge is 2.14. The number of anilines is 1. The van der Waals surface area contributed by atoms with Gasteiger partial charge in [0.25, 0.3) is 0 Å². The van der Waals surface area contributed by atoms with E-state index in [0.717, 1.165) is 28.6 Å². The molecule has 0 radical (unpaired) electrons. The van der Waals surface area contributed by atoms with E-state index in [2.05, 4.69) is 38.7 Å². The molecule has 112 valence electrons. The first-order valence-electron chi connectivity index (χ1n) is 7.04. The molecule has 0 fully saturated rings. The van der Waals surface area contributed by atoms with Gasteiger partial charge in [-0.1, -0.05) is 28.1 Å². The Bertz CT molecular complexity index is 569. The Kier molecular flexibility index (Phi) is 5.56. The largest absolute Gasteiger partial charge is 0.347 e. The molecule has 2 rings (SSSR count). The number of carbonyl (C=O) groups is 2. The van der Waals surface area contributed by atoms with Crippen LogP contribution in [0.4, 0.5) is 5.69 Å². The number of aryl methyl sites for hydroxylation is 1. The highest BCUT2D eigenvalue weighted by molar-refractivity contribution is 9.10. The molecule has 1 aliphatic rings. The van der Waals surface area contributed by atoms with Crippen molar-refractivity contribution >= 4 is 33.4 Å². The van der Waals surface area contributed by atoms with Gasteiger partial charge in [-0.15, -0.1) is 0 Å². The molecule has 1 atom stereocenters. The van der Waals surface area contributed by atoms with Crippen LogP contribution in [0.5, 0.6) is 0 Å². The first-order valence-corrected chi connectivity index (χ1v) is 7.83. The van der Waals surface area contributed by atoms with Crippen LogP contribution >= 0.6 is 15.9 Å². The number of halogens is 1. The molecule has 4 nitrogen and oxygen atoms in total. The normalized spacial score (nSPS) is 16.8. The molecular formula is C16H19BrN2O2. The number of carbonyl (C=O) groups excluding carboxylic acids is 2. The van der Waals surface area contributed by atoms with Crippen molar-refractivity contribution in [3.63, 3.8) is 0 Å². The van der Waals surface area contributed by atoms with E-state index in [1.807, 2.05) is 25.1 Å². The maximum atomic E-state index is 11.8. The van der Waals surface area contributed by atoms with Gasteiger partial charge < -0.3 is 10.6 Å². The molecule has 1 aromatic carbocycles. The van der Waals surface area contributed by atoms with Crippen molar-refractivity contribution in [3.05, 3.63) is 40.4 Å². The number of hydrogen-bond donors (Lipinski definition) is 2. The zero-order valence-electron chi connectivity index (χ0n) is 12.0. The monoisotopic (exact) mass is 350 g/mol. The standard InChI is InChI=1S/C16H19BrN2O2/c1-11-8-13(17)6-7-14(11)19-16(21)10-18-15(20)9-12-4-2-3-5-12/h2,4,6-8,12H,3,5,9-10H2,1H3,(H,18,20)(H,19,21). The Morgan fingerprint density at radius 3 is 2.81 bits per heavy atom. The average molecular weight is 351 g/mol. The number of rotatable bonds is 5. The van der Waals surface area contributed by atoms with Gasteiger partial charge in [0.05, 0.1) is 6.54 Å². The van der Waals surface area contributed by atoms with Crippen LogP contribution in [-0.4, -0.2) is 18.4 Å². The van der Waals surface area contributed by atoms with E-state index in [-0.39, 0.29) is 18.4 Å². The maximum absolute atomic E-state index is 11.8. The lowest BCUT2D eigenvalue weighted by atomic mass is 10.1. The summed E-state index contributed by atoms with van der Waals surface area (Å²) in [7, 11) is 0. The number of nitrogens with one attached hydrogen (secondary N) is 2.